The lowest BCUT2D eigenvalue weighted by molar-refractivity contribution is -0.134. The number of esters is 1. The van der Waals surface area contributed by atoms with Gasteiger partial charge in [-0.1, -0.05) is 50.3 Å². The Morgan fingerprint density at radius 1 is 1.18 bits per heavy atom. The van der Waals surface area contributed by atoms with Crippen LogP contribution in [0.25, 0.3) is 0 Å². The summed E-state index contributed by atoms with van der Waals surface area (Å²) in [6, 6.07) is 9.99. The average molecular weight is 391 g/mol. The molecule has 0 aliphatic heterocycles. The van der Waals surface area contributed by atoms with Gasteiger partial charge in [-0.2, -0.15) is 0 Å². The molecular formula is C23H34O5. The number of aliphatic hydroxyl groups is 1. The number of aliphatic hydroxyl groups excluding tert-OH is 1. The number of hydrogen-bond donors (Lipinski definition) is 1. The van der Waals surface area contributed by atoms with Crippen molar-refractivity contribution >= 4 is 11.8 Å². The fourth-order valence-electron chi connectivity index (χ4n) is 3.10. The highest BCUT2D eigenvalue weighted by molar-refractivity contribution is 5.90. The highest BCUT2D eigenvalue weighted by atomic mass is 16.5. The summed E-state index contributed by atoms with van der Waals surface area (Å²) < 4.78 is 10.2. The third-order valence-electron chi connectivity index (χ3n) is 5.04. The van der Waals surface area contributed by atoms with Crippen LogP contribution in [0.1, 0.15) is 46.1 Å². The van der Waals surface area contributed by atoms with Crippen molar-refractivity contribution in [1.29, 1.82) is 0 Å². The molecule has 0 unspecified atom stereocenters. The Bertz CT molecular complexity index is 636. The summed E-state index contributed by atoms with van der Waals surface area (Å²) in [6.07, 6.45) is 3.63. The Morgan fingerprint density at radius 2 is 1.82 bits per heavy atom. The Labute approximate surface area is 168 Å². The van der Waals surface area contributed by atoms with Crippen LogP contribution in [0.5, 0.6) is 0 Å². The van der Waals surface area contributed by atoms with Gasteiger partial charge >= 0.3 is 5.97 Å². The van der Waals surface area contributed by atoms with Crippen molar-refractivity contribution in [3.05, 3.63) is 48.0 Å². The van der Waals surface area contributed by atoms with Crippen molar-refractivity contribution in [3.8, 4) is 0 Å². The monoisotopic (exact) mass is 390 g/mol. The lowest BCUT2D eigenvalue weighted by Gasteiger charge is -2.29. The van der Waals surface area contributed by atoms with Crippen LogP contribution in [0, 0.1) is 17.3 Å². The highest BCUT2D eigenvalue weighted by Crippen LogP contribution is 2.28. The van der Waals surface area contributed by atoms with Gasteiger partial charge in [-0.05, 0) is 38.2 Å². The first kappa shape index (κ1) is 24.1. The molecule has 0 radical (unpaired) electrons. The van der Waals surface area contributed by atoms with Crippen molar-refractivity contribution in [2.75, 3.05) is 13.7 Å². The van der Waals surface area contributed by atoms with Gasteiger partial charge < -0.3 is 14.6 Å². The summed E-state index contributed by atoms with van der Waals surface area (Å²) in [5.41, 5.74) is 0.282. The Morgan fingerprint density at radius 3 is 2.43 bits per heavy atom. The molecule has 5 heteroatoms. The summed E-state index contributed by atoms with van der Waals surface area (Å²) in [5, 5.41) is 10.6. The lowest BCUT2D eigenvalue weighted by Crippen LogP contribution is -2.38. The van der Waals surface area contributed by atoms with Gasteiger partial charge in [-0.25, -0.2) is 4.79 Å². The van der Waals surface area contributed by atoms with E-state index in [4.69, 9.17) is 4.74 Å². The first-order chi connectivity index (χ1) is 13.2. The molecule has 0 saturated heterocycles. The van der Waals surface area contributed by atoms with Crippen molar-refractivity contribution in [2.45, 2.75) is 53.2 Å². The number of rotatable bonds is 12. The van der Waals surface area contributed by atoms with Crippen molar-refractivity contribution in [2.24, 2.45) is 17.3 Å². The zero-order chi connectivity index (χ0) is 21.2. The summed E-state index contributed by atoms with van der Waals surface area (Å²) in [5.74, 6) is -1.16. The number of methoxy groups -OCH3 is 1. The molecule has 0 fully saturated rings. The van der Waals surface area contributed by atoms with Crippen LogP contribution in [0.2, 0.25) is 0 Å². The van der Waals surface area contributed by atoms with E-state index < -0.39 is 23.4 Å². The minimum atomic E-state index is -0.854. The van der Waals surface area contributed by atoms with Crippen molar-refractivity contribution < 1.29 is 24.2 Å². The smallest absolute Gasteiger partial charge is 0.330 e. The molecule has 0 spiro atoms. The zero-order valence-electron chi connectivity index (χ0n) is 17.7. The fraction of sp³-hybridized carbons (Fsp3) is 0.565. The third kappa shape index (κ3) is 7.95. The third-order valence-corrected chi connectivity index (χ3v) is 5.04. The molecule has 0 bridgehead atoms. The number of Topliss-reactive ketones (excluding diaryl/α,β-unsaturated/α-hetero) is 1. The zero-order valence-corrected chi connectivity index (χ0v) is 17.7. The van der Waals surface area contributed by atoms with E-state index in [0.29, 0.717) is 13.2 Å². The maximum absolute atomic E-state index is 12.8. The molecule has 0 heterocycles. The molecule has 0 aromatic heterocycles. The van der Waals surface area contributed by atoms with Gasteiger partial charge in [0, 0.05) is 24.0 Å². The van der Waals surface area contributed by atoms with Crippen molar-refractivity contribution in [3.63, 3.8) is 0 Å². The minimum Gasteiger partial charge on any atom is -0.466 e. The largest absolute Gasteiger partial charge is 0.466 e. The van der Waals surface area contributed by atoms with Crippen LogP contribution in [-0.2, 0) is 25.7 Å². The molecule has 3 atom stereocenters. The molecule has 1 aromatic carbocycles. The molecule has 28 heavy (non-hydrogen) atoms. The second kappa shape index (κ2) is 11.8. The predicted molar refractivity (Wildman–Crippen MR) is 110 cm³/mol. The van der Waals surface area contributed by atoms with Crippen LogP contribution in [-0.4, -0.2) is 36.7 Å². The number of carbonyl (C=O) groups excluding carboxylic acids is 2. The predicted octanol–water partition coefficient (Wildman–Crippen LogP) is 3.94. The summed E-state index contributed by atoms with van der Waals surface area (Å²) in [4.78, 5) is 24.0. The second-order valence-electron chi connectivity index (χ2n) is 7.88. The molecule has 0 aliphatic rings. The van der Waals surface area contributed by atoms with E-state index in [-0.39, 0.29) is 11.7 Å². The van der Waals surface area contributed by atoms with E-state index in [0.717, 1.165) is 18.4 Å². The number of benzene rings is 1. The molecule has 0 amide bonds. The maximum Gasteiger partial charge on any atom is 0.330 e. The van der Waals surface area contributed by atoms with Crippen LogP contribution in [0.15, 0.2) is 42.5 Å². The van der Waals surface area contributed by atoms with E-state index >= 15 is 0 Å². The van der Waals surface area contributed by atoms with E-state index in [1.807, 2.05) is 37.3 Å². The normalized spacial score (nSPS) is 15.2. The van der Waals surface area contributed by atoms with Gasteiger partial charge in [0.15, 0.2) is 0 Å². The van der Waals surface area contributed by atoms with Gasteiger partial charge in [-0.3, -0.25) is 4.79 Å². The molecule has 156 valence electrons. The topological polar surface area (TPSA) is 72.8 Å². The fourth-order valence-corrected chi connectivity index (χ4v) is 3.10. The minimum absolute atomic E-state index is 0.0281. The van der Waals surface area contributed by atoms with Gasteiger partial charge in [0.05, 0.1) is 19.8 Å². The molecule has 5 nitrogen and oxygen atoms in total. The van der Waals surface area contributed by atoms with E-state index in [1.54, 1.807) is 20.8 Å². The second-order valence-corrected chi connectivity index (χ2v) is 7.88. The molecule has 0 aliphatic carbocycles. The van der Waals surface area contributed by atoms with Gasteiger partial charge in [-0.15, -0.1) is 0 Å². The summed E-state index contributed by atoms with van der Waals surface area (Å²) >= 11 is 0. The van der Waals surface area contributed by atoms with Crippen LogP contribution < -0.4 is 0 Å². The first-order valence-corrected chi connectivity index (χ1v) is 9.80. The number of ketones is 1. The number of hydrogen-bond acceptors (Lipinski definition) is 5. The summed E-state index contributed by atoms with van der Waals surface area (Å²) in [7, 11) is 1.29. The van der Waals surface area contributed by atoms with Crippen LogP contribution in [0.3, 0.4) is 0 Å². The Hall–Kier alpha value is -1.98. The van der Waals surface area contributed by atoms with Crippen LogP contribution >= 0.6 is 0 Å². The number of ether oxygens (including phenoxy) is 2. The van der Waals surface area contributed by atoms with E-state index in [2.05, 4.69) is 4.74 Å². The number of allylic oxidation sites excluding steroid dienone is 1. The standard InChI is InChI=1S/C23H34O5/c1-17(10-9-15-28-16-19-11-7-6-8-12-19)21(25)18(2)22(26)23(3,4)14-13-20(24)27-5/h6-8,11-14,17-18,21,25H,9-10,15-16H2,1-5H3/b14-13+/t17-,18+,21-/m0/s1. The van der Waals surface area contributed by atoms with Crippen LogP contribution in [0.4, 0.5) is 0 Å². The van der Waals surface area contributed by atoms with Gasteiger partial charge in [0.2, 0.25) is 0 Å². The average Bonchev–Trinajstić information content (AvgIpc) is 2.70. The lowest BCUT2D eigenvalue weighted by atomic mass is 9.76. The highest BCUT2D eigenvalue weighted by Gasteiger charge is 2.34. The molecule has 1 aromatic rings. The Balaban J connectivity index is 2.43. The van der Waals surface area contributed by atoms with E-state index in [1.165, 1.54) is 19.3 Å². The molecule has 1 N–H and O–H groups in total. The number of carbonyl (C=O) groups is 2. The van der Waals surface area contributed by atoms with Gasteiger partial charge in [0.25, 0.3) is 0 Å². The molecular weight excluding hydrogens is 356 g/mol. The van der Waals surface area contributed by atoms with Gasteiger partial charge in [0.1, 0.15) is 5.78 Å². The maximum atomic E-state index is 12.8. The first-order valence-electron chi connectivity index (χ1n) is 9.80. The molecule has 1 rings (SSSR count). The SMILES string of the molecule is COC(=O)/C=C/C(C)(C)C(=O)[C@H](C)[C@@H](O)[C@@H](C)CCCOCc1ccccc1. The Kier molecular flexibility index (Phi) is 10.1. The molecule has 0 saturated carbocycles. The quantitative estimate of drug-likeness (QED) is 0.332. The van der Waals surface area contributed by atoms with Crippen molar-refractivity contribution in [1.82, 2.24) is 0 Å². The summed E-state index contributed by atoms with van der Waals surface area (Å²) in [6.45, 7) is 8.35. The van der Waals surface area contributed by atoms with E-state index in [9.17, 15) is 14.7 Å².